The molecule has 2 rings (SSSR count). The Hall–Kier alpha value is -1.12. The summed E-state index contributed by atoms with van der Waals surface area (Å²) in [5.41, 5.74) is 0. The van der Waals surface area contributed by atoms with Crippen molar-refractivity contribution < 1.29 is 9.47 Å². The standard InChI is InChI=1S/C7H5BO2/c8-7-9-5-3-1-2-4-6(5)10-7/h1-4,7H. The van der Waals surface area contributed by atoms with Gasteiger partial charge in [-0.2, -0.15) is 0 Å². The minimum absolute atomic E-state index is 0.627. The van der Waals surface area contributed by atoms with E-state index in [4.69, 9.17) is 17.3 Å². The van der Waals surface area contributed by atoms with Gasteiger partial charge >= 0.3 is 0 Å². The largest absolute Gasteiger partial charge is 0.461 e. The summed E-state index contributed by atoms with van der Waals surface area (Å²) >= 11 is 0. The predicted molar refractivity (Wildman–Crippen MR) is 37.2 cm³/mol. The van der Waals surface area contributed by atoms with Crippen LogP contribution in [0.1, 0.15) is 0 Å². The zero-order chi connectivity index (χ0) is 6.97. The van der Waals surface area contributed by atoms with E-state index in [1.807, 2.05) is 24.3 Å². The second kappa shape index (κ2) is 1.94. The smallest absolute Gasteiger partial charge is 0.189 e. The molecule has 0 aromatic heterocycles. The van der Waals surface area contributed by atoms with Crippen molar-refractivity contribution in [2.24, 2.45) is 0 Å². The van der Waals surface area contributed by atoms with E-state index in [1.54, 1.807) is 0 Å². The Balaban J connectivity index is 2.42. The lowest BCUT2D eigenvalue weighted by Crippen LogP contribution is -2.16. The van der Waals surface area contributed by atoms with E-state index >= 15 is 0 Å². The molecule has 0 N–H and O–H groups in total. The molecule has 1 aliphatic rings. The zero-order valence-corrected chi connectivity index (χ0v) is 5.28. The molecular formula is C7H5BO2. The Bertz CT molecular complexity index is 224. The van der Waals surface area contributed by atoms with Crippen LogP contribution in [0.2, 0.25) is 0 Å². The highest BCUT2D eigenvalue weighted by Gasteiger charge is 2.17. The van der Waals surface area contributed by atoms with Gasteiger partial charge in [-0.3, -0.25) is 0 Å². The first-order valence-corrected chi connectivity index (χ1v) is 3.04. The van der Waals surface area contributed by atoms with Crippen LogP contribution < -0.4 is 9.47 Å². The minimum atomic E-state index is -0.627. The van der Waals surface area contributed by atoms with Crippen molar-refractivity contribution in [2.75, 3.05) is 0 Å². The van der Waals surface area contributed by atoms with Gasteiger partial charge in [-0.15, -0.1) is 0 Å². The molecule has 3 heteroatoms. The number of hydrogen-bond acceptors (Lipinski definition) is 2. The summed E-state index contributed by atoms with van der Waals surface area (Å²) in [6, 6.07) is 7.39. The van der Waals surface area contributed by atoms with Gasteiger partial charge in [-0.05, 0) is 12.1 Å². The second-order valence-electron chi connectivity index (χ2n) is 2.05. The Morgan fingerprint density at radius 1 is 1.10 bits per heavy atom. The molecule has 0 amide bonds. The molecule has 0 saturated heterocycles. The Morgan fingerprint density at radius 3 is 2.10 bits per heavy atom. The molecular weight excluding hydrogens is 127 g/mol. The van der Waals surface area contributed by atoms with E-state index < -0.39 is 6.19 Å². The van der Waals surface area contributed by atoms with E-state index in [2.05, 4.69) is 0 Å². The quantitative estimate of drug-likeness (QED) is 0.488. The third kappa shape index (κ3) is 0.745. The van der Waals surface area contributed by atoms with Crippen molar-refractivity contribution >= 4 is 7.85 Å². The van der Waals surface area contributed by atoms with Crippen molar-refractivity contribution in [3.63, 3.8) is 0 Å². The van der Waals surface area contributed by atoms with Gasteiger partial charge < -0.3 is 9.47 Å². The highest BCUT2D eigenvalue weighted by molar-refractivity contribution is 6.10. The molecule has 48 valence electrons. The van der Waals surface area contributed by atoms with E-state index in [0.717, 1.165) is 11.5 Å². The van der Waals surface area contributed by atoms with Crippen LogP contribution in [-0.4, -0.2) is 14.0 Å². The van der Waals surface area contributed by atoms with Crippen LogP contribution in [-0.2, 0) is 0 Å². The molecule has 1 heterocycles. The third-order valence-electron chi connectivity index (χ3n) is 1.34. The molecule has 2 radical (unpaired) electrons. The van der Waals surface area contributed by atoms with Crippen molar-refractivity contribution in [3.8, 4) is 11.5 Å². The number of benzene rings is 1. The highest BCUT2D eigenvalue weighted by atomic mass is 16.7. The van der Waals surface area contributed by atoms with Crippen LogP contribution in [0.4, 0.5) is 0 Å². The van der Waals surface area contributed by atoms with Gasteiger partial charge in [0.25, 0.3) is 0 Å². The van der Waals surface area contributed by atoms with Crippen LogP contribution in [0.5, 0.6) is 11.5 Å². The Morgan fingerprint density at radius 2 is 1.60 bits per heavy atom. The summed E-state index contributed by atoms with van der Waals surface area (Å²) in [6.45, 7) is 0. The first-order chi connectivity index (χ1) is 4.86. The zero-order valence-electron chi connectivity index (χ0n) is 5.28. The van der Waals surface area contributed by atoms with E-state index in [0.29, 0.717) is 0 Å². The lowest BCUT2D eigenvalue weighted by atomic mass is 10.1. The fourth-order valence-corrected chi connectivity index (χ4v) is 0.919. The normalized spacial score (nSPS) is 15.6. The lowest BCUT2D eigenvalue weighted by Gasteiger charge is -2.00. The molecule has 0 atom stereocenters. The molecule has 10 heavy (non-hydrogen) atoms. The van der Waals surface area contributed by atoms with Crippen LogP contribution in [0.3, 0.4) is 0 Å². The maximum atomic E-state index is 5.34. The molecule has 0 saturated carbocycles. The summed E-state index contributed by atoms with van der Waals surface area (Å²) < 4.78 is 10.1. The van der Waals surface area contributed by atoms with Crippen molar-refractivity contribution in [1.29, 1.82) is 0 Å². The second-order valence-corrected chi connectivity index (χ2v) is 2.05. The predicted octanol–water partition coefficient (Wildman–Crippen LogP) is 0.910. The number of hydrogen-bond donors (Lipinski definition) is 0. The number of ether oxygens (including phenoxy) is 2. The number of fused-ring (bicyclic) bond motifs is 1. The SMILES string of the molecule is [B]C1Oc2ccccc2O1. The topological polar surface area (TPSA) is 18.5 Å². The summed E-state index contributed by atoms with van der Waals surface area (Å²) in [4.78, 5) is 0. The average Bonchev–Trinajstić information content (AvgIpc) is 2.27. The van der Waals surface area contributed by atoms with Gasteiger partial charge in [-0.1, -0.05) is 12.1 Å². The summed E-state index contributed by atoms with van der Waals surface area (Å²) in [5, 5.41) is 0. The van der Waals surface area contributed by atoms with Gasteiger partial charge in [0.15, 0.2) is 25.5 Å². The summed E-state index contributed by atoms with van der Waals surface area (Å²) in [6.07, 6.45) is -0.627. The average molecular weight is 132 g/mol. The van der Waals surface area contributed by atoms with Crippen LogP contribution in [0.15, 0.2) is 24.3 Å². The Labute approximate surface area is 60.2 Å². The van der Waals surface area contributed by atoms with Gasteiger partial charge in [0.1, 0.15) is 0 Å². The number of rotatable bonds is 0. The summed E-state index contributed by atoms with van der Waals surface area (Å²) in [7, 11) is 5.34. The van der Waals surface area contributed by atoms with Crippen molar-refractivity contribution in [3.05, 3.63) is 24.3 Å². The highest BCUT2D eigenvalue weighted by Crippen LogP contribution is 2.32. The molecule has 1 aromatic carbocycles. The molecule has 2 nitrogen and oxygen atoms in total. The van der Waals surface area contributed by atoms with E-state index in [1.165, 1.54) is 0 Å². The van der Waals surface area contributed by atoms with Crippen LogP contribution in [0, 0.1) is 0 Å². The van der Waals surface area contributed by atoms with Crippen molar-refractivity contribution in [1.82, 2.24) is 0 Å². The molecule has 0 aliphatic carbocycles. The van der Waals surface area contributed by atoms with Gasteiger partial charge in [-0.25, -0.2) is 0 Å². The van der Waals surface area contributed by atoms with Crippen LogP contribution >= 0.6 is 0 Å². The molecule has 0 fully saturated rings. The van der Waals surface area contributed by atoms with E-state index in [9.17, 15) is 0 Å². The van der Waals surface area contributed by atoms with Gasteiger partial charge in [0.2, 0.25) is 0 Å². The molecule has 1 aliphatic heterocycles. The minimum Gasteiger partial charge on any atom is -0.461 e. The first kappa shape index (κ1) is 5.65. The lowest BCUT2D eigenvalue weighted by molar-refractivity contribution is 0.128. The fourth-order valence-electron chi connectivity index (χ4n) is 0.919. The van der Waals surface area contributed by atoms with Gasteiger partial charge in [0.05, 0.1) is 0 Å². The molecule has 0 unspecified atom stereocenters. The van der Waals surface area contributed by atoms with Crippen LogP contribution in [0.25, 0.3) is 0 Å². The first-order valence-electron chi connectivity index (χ1n) is 3.04. The van der Waals surface area contributed by atoms with Crippen molar-refractivity contribution in [2.45, 2.75) is 6.19 Å². The van der Waals surface area contributed by atoms with E-state index in [-0.39, 0.29) is 0 Å². The molecule has 0 spiro atoms. The molecule has 0 bridgehead atoms. The third-order valence-corrected chi connectivity index (χ3v) is 1.34. The fraction of sp³-hybridized carbons (Fsp3) is 0.143. The monoisotopic (exact) mass is 132 g/mol. The summed E-state index contributed by atoms with van der Waals surface area (Å²) in [5.74, 6) is 1.44. The molecule has 1 aromatic rings. The maximum absolute atomic E-state index is 5.34. The maximum Gasteiger partial charge on any atom is 0.189 e. The Kier molecular flexibility index (Phi) is 1.10. The number of para-hydroxylation sites is 2. The van der Waals surface area contributed by atoms with Gasteiger partial charge in [0, 0.05) is 0 Å².